The Morgan fingerprint density at radius 3 is 2.91 bits per heavy atom. The van der Waals surface area contributed by atoms with E-state index in [1.54, 1.807) is 0 Å². The first-order valence-corrected chi connectivity index (χ1v) is 3.92. The van der Waals surface area contributed by atoms with Crippen LogP contribution in [0.2, 0.25) is 0 Å². The second kappa shape index (κ2) is 3.22. The normalized spacial score (nSPS) is 31.7. The van der Waals surface area contributed by atoms with Crippen molar-refractivity contribution < 1.29 is 14.6 Å². The van der Waals surface area contributed by atoms with Crippen molar-refractivity contribution in [3.8, 4) is 0 Å². The molecule has 0 radical (unpaired) electrons. The Labute approximate surface area is 66.4 Å². The van der Waals surface area contributed by atoms with Gasteiger partial charge in [-0.05, 0) is 12.8 Å². The Bertz CT molecular complexity index is 147. The van der Waals surface area contributed by atoms with Crippen LogP contribution in [0, 0.1) is 5.41 Å². The predicted octanol–water partition coefficient (Wildman–Crippen LogP) is 1.28. The van der Waals surface area contributed by atoms with E-state index >= 15 is 0 Å². The van der Waals surface area contributed by atoms with E-state index in [4.69, 9.17) is 9.84 Å². The topological polar surface area (TPSA) is 46.5 Å². The van der Waals surface area contributed by atoms with Crippen LogP contribution in [-0.2, 0) is 9.53 Å². The molecule has 1 heterocycles. The average Bonchev–Trinajstić information content (AvgIpc) is 1.85. The summed E-state index contributed by atoms with van der Waals surface area (Å²) in [5.41, 5.74) is -0.121. The molecule has 0 aliphatic carbocycles. The van der Waals surface area contributed by atoms with Crippen LogP contribution in [0.25, 0.3) is 0 Å². The molecule has 0 aromatic rings. The van der Waals surface area contributed by atoms with Gasteiger partial charge in [0, 0.05) is 12.0 Å². The summed E-state index contributed by atoms with van der Waals surface area (Å²) in [5, 5.41) is 8.58. The molecule has 1 N–H and O–H groups in total. The van der Waals surface area contributed by atoms with Crippen LogP contribution in [0.4, 0.5) is 0 Å². The molecule has 1 saturated heterocycles. The second-order valence-corrected chi connectivity index (χ2v) is 3.54. The van der Waals surface area contributed by atoms with Gasteiger partial charge >= 0.3 is 5.97 Å². The van der Waals surface area contributed by atoms with Gasteiger partial charge < -0.3 is 9.84 Å². The number of ether oxygens (including phenoxy) is 1. The molecule has 0 spiro atoms. The molecule has 3 nitrogen and oxygen atoms in total. The summed E-state index contributed by atoms with van der Waals surface area (Å²) in [7, 11) is 0. The summed E-state index contributed by atoms with van der Waals surface area (Å²) in [6.45, 7) is 3.36. The summed E-state index contributed by atoms with van der Waals surface area (Å²) in [4.78, 5) is 10.4. The van der Waals surface area contributed by atoms with Crippen molar-refractivity contribution in [2.24, 2.45) is 5.41 Å². The lowest BCUT2D eigenvalue weighted by molar-refractivity contribution is -0.141. The summed E-state index contributed by atoms with van der Waals surface area (Å²) >= 11 is 0. The number of hydrogen-bond donors (Lipinski definition) is 1. The molecular formula is C8H14O3. The van der Waals surface area contributed by atoms with Crippen LogP contribution in [0.15, 0.2) is 0 Å². The number of rotatable bonds is 2. The molecular weight excluding hydrogens is 144 g/mol. The van der Waals surface area contributed by atoms with Gasteiger partial charge in [0.2, 0.25) is 0 Å². The van der Waals surface area contributed by atoms with Gasteiger partial charge in [0.1, 0.15) is 0 Å². The van der Waals surface area contributed by atoms with Gasteiger partial charge in [0.15, 0.2) is 0 Å². The third kappa shape index (κ3) is 2.50. The highest BCUT2D eigenvalue weighted by Gasteiger charge is 2.29. The first-order chi connectivity index (χ1) is 5.12. The minimum atomic E-state index is -0.724. The van der Waals surface area contributed by atoms with Gasteiger partial charge in [-0.2, -0.15) is 0 Å². The first-order valence-electron chi connectivity index (χ1n) is 3.92. The summed E-state index contributed by atoms with van der Waals surface area (Å²) in [6.07, 6.45) is 2.19. The van der Waals surface area contributed by atoms with Crippen molar-refractivity contribution in [3.05, 3.63) is 0 Å². The molecule has 1 atom stereocenters. The predicted molar refractivity (Wildman–Crippen MR) is 40.4 cm³/mol. The summed E-state index contributed by atoms with van der Waals surface area (Å²) < 4.78 is 5.22. The maximum absolute atomic E-state index is 10.4. The monoisotopic (exact) mass is 158 g/mol. The number of carboxylic acid groups (broad SMARTS) is 1. The smallest absolute Gasteiger partial charge is 0.303 e. The Hall–Kier alpha value is -0.570. The molecule has 1 aliphatic rings. The van der Waals surface area contributed by atoms with Crippen LogP contribution in [0.3, 0.4) is 0 Å². The van der Waals surface area contributed by atoms with Crippen LogP contribution in [0.1, 0.15) is 26.2 Å². The fourth-order valence-electron chi connectivity index (χ4n) is 1.50. The number of carbonyl (C=O) groups is 1. The first kappa shape index (κ1) is 8.53. The Morgan fingerprint density at radius 1 is 1.73 bits per heavy atom. The molecule has 11 heavy (non-hydrogen) atoms. The van der Waals surface area contributed by atoms with E-state index in [1.807, 2.05) is 6.92 Å². The molecule has 0 saturated carbocycles. The standard InChI is InChI=1S/C8H14O3/c1-8(5-7(9)10)3-2-4-11-6-8/h2-6H2,1H3,(H,9,10)/t8-/m0/s1. The second-order valence-electron chi connectivity index (χ2n) is 3.54. The fraction of sp³-hybridized carbons (Fsp3) is 0.875. The molecule has 0 aromatic heterocycles. The maximum atomic E-state index is 10.4. The van der Waals surface area contributed by atoms with Crippen molar-refractivity contribution in [1.29, 1.82) is 0 Å². The Balaban J connectivity index is 2.43. The summed E-state index contributed by atoms with van der Waals surface area (Å²) in [6, 6.07) is 0. The lowest BCUT2D eigenvalue weighted by Crippen LogP contribution is -2.31. The van der Waals surface area contributed by atoms with Crippen molar-refractivity contribution in [2.45, 2.75) is 26.2 Å². The molecule has 0 aromatic carbocycles. The highest BCUT2D eigenvalue weighted by Crippen LogP contribution is 2.31. The Morgan fingerprint density at radius 2 is 2.45 bits per heavy atom. The van der Waals surface area contributed by atoms with Crippen molar-refractivity contribution in [2.75, 3.05) is 13.2 Å². The number of carboxylic acids is 1. The van der Waals surface area contributed by atoms with Gasteiger partial charge in [0.25, 0.3) is 0 Å². The van der Waals surface area contributed by atoms with Gasteiger partial charge in [-0.25, -0.2) is 0 Å². The average molecular weight is 158 g/mol. The SMILES string of the molecule is C[C@@]1(CC(=O)O)CCCOC1. The zero-order valence-electron chi connectivity index (χ0n) is 6.80. The fourth-order valence-corrected chi connectivity index (χ4v) is 1.50. The van der Waals surface area contributed by atoms with Crippen molar-refractivity contribution in [1.82, 2.24) is 0 Å². The van der Waals surface area contributed by atoms with Gasteiger partial charge in [-0.3, -0.25) is 4.79 Å². The highest BCUT2D eigenvalue weighted by atomic mass is 16.5. The van der Waals surface area contributed by atoms with E-state index in [2.05, 4.69) is 0 Å². The zero-order chi connectivity index (χ0) is 8.32. The molecule has 3 heteroatoms. The summed E-state index contributed by atoms with van der Waals surface area (Å²) in [5.74, 6) is -0.724. The minimum Gasteiger partial charge on any atom is -0.481 e. The van der Waals surface area contributed by atoms with Crippen molar-refractivity contribution >= 4 is 5.97 Å². The number of hydrogen-bond acceptors (Lipinski definition) is 2. The van der Waals surface area contributed by atoms with E-state index in [0.29, 0.717) is 6.61 Å². The molecule has 0 bridgehead atoms. The number of aliphatic carboxylic acids is 1. The third-order valence-electron chi connectivity index (χ3n) is 2.10. The van der Waals surface area contributed by atoms with E-state index in [9.17, 15) is 4.79 Å². The van der Waals surface area contributed by atoms with Crippen LogP contribution >= 0.6 is 0 Å². The molecule has 1 rings (SSSR count). The van der Waals surface area contributed by atoms with E-state index in [-0.39, 0.29) is 11.8 Å². The van der Waals surface area contributed by atoms with Crippen LogP contribution < -0.4 is 0 Å². The highest BCUT2D eigenvalue weighted by molar-refractivity contribution is 5.67. The Kier molecular flexibility index (Phi) is 2.49. The van der Waals surface area contributed by atoms with Crippen LogP contribution in [-0.4, -0.2) is 24.3 Å². The van der Waals surface area contributed by atoms with E-state index < -0.39 is 5.97 Å². The van der Waals surface area contributed by atoms with Crippen molar-refractivity contribution in [3.63, 3.8) is 0 Å². The minimum absolute atomic E-state index is 0.121. The largest absolute Gasteiger partial charge is 0.481 e. The van der Waals surface area contributed by atoms with E-state index in [0.717, 1.165) is 19.4 Å². The zero-order valence-corrected chi connectivity index (χ0v) is 6.80. The van der Waals surface area contributed by atoms with E-state index in [1.165, 1.54) is 0 Å². The molecule has 0 amide bonds. The van der Waals surface area contributed by atoms with Gasteiger partial charge in [-0.15, -0.1) is 0 Å². The lowest BCUT2D eigenvalue weighted by atomic mass is 9.82. The quantitative estimate of drug-likeness (QED) is 0.658. The van der Waals surface area contributed by atoms with Gasteiger partial charge in [-0.1, -0.05) is 6.92 Å². The molecule has 64 valence electrons. The van der Waals surface area contributed by atoms with Crippen LogP contribution in [0.5, 0.6) is 0 Å². The molecule has 0 unspecified atom stereocenters. The van der Waals surface area contributed by atoms with Gasteiger partial charge in [0.05, 0.1) is 13.0 Å². The lowest BCUT2D eigenvalue weighted by Gasteiger charge is -2.31. The third-order valence-corrected chi connectivity index (χ3v) is 2.10. The molecule has 1 aliphatic heterocycles. The maximum Gasteiger partial charge on any atom is 0.303 e. The molecule has 1 fully saturated rings.